The van der Waals surface area contributed by atoms with Gasteiger partial charge in [0.05, 0.1) is 46.2 Å². The number of rotatable bonds is 25. The number of carbonyl (C=O) groups excluding carboxylic acids is 4. The maximum atomic E-state index is 12.8. The van der Waals surface area contributed by atoms with E-state index in [0.29, 0.717) is 0 Å². The molecule has 94 heavy (non-hydrogen) atoms. The number of aliphatic hydroxyl groups excluding tert-OH is 18. The van der Waals surface area contributed by atoms with Crippen LogP contribution in [0.15, 0.2) is 0 Å². The molecule has 0 aromatic carbocycles. The number of aliphatic hydroxyl groups is 18. The fraction of sp³-hybridized carbons (Fsp3) is 0.920. The van der Waals surface area contributed by atoms with Crippen molar-refractivity contribution in [3.05, 3.63) is 0 Å². The van der Waals surface area contributed by atoms with Gasteiger partial charge >= 0.3 is 10.4 Å². The van der Waals surface area contributed by atoms with E-state index in [0.717, 1.165) is 27.7 Å². The van der Waals surface area contributed by atoms with Crippen molar-refractivity contribution in [3.63, 3.8) is 0 Å². The van der Waals surface area contributed by atoms with Gasteiger partial charge in [0, 0.05) is 27.7 Å². The molecule has 0 saturated carbocycles. The van der Waals surface area contributed by atoms with Gasteiger partial charge in [-0.25, -0.2) is 4.18 Å². The molecule has 7 heterocycles. The van der Waals surface area contributed by atoms with Crippen LogP contribution in [-0.2, 0) is 95.3 Å². The van der Waals surface area contributed by atoms with Crippen molar-refractivity contribution in [2.75, 3.05) is 46.2 Å². The molecule has 43 nitrogen and oxygen atoms in total. The second-order valence-electron chi connectivity index (χ2n) is 23.1. The fourth-order valence-electron chi connectivity index (χ4n) is 11.6. The molecule has 544 valence electrons. The van der Waals surface area contributed by atoms with E-state index in [9.17, 15) is 124 Å². The Balaban J connectivity index is 1.26. The molecular weight excluding hydrogens is 1310 g/mol. The third-order valence-electron chi connectivity index (χ3n) is 16.3. The number of hydrogen-bond acceptors (Lipinski definition) is 38. The fourth-order valence-corrected chi connectivity index (χ4v) is 11.9. The average molecular weight is 1400 g/mol. The Kier molecular flexibility index (Phi) is 27.8. The minimum atomic E-state index is -5.27. The summed E-state index contributed by atoms with van der Waals surface area (Å²) in [5, 5.41) is 209. The molecule has 0 aromatic heterocycles. The van der Waals surface area contributed by atoms with Gasteiger partial charge in [-0.15, -0.1) is 0 Å². The van der Waals surface area contributed by atoms with Crippen LogP contribution in [0, 0.1) is 0 Å². The third-order valence-corrected chi connectivity index (χ3v) is 16.8. The van der Waals surface area contributed by atoms with Gasteiger partial charge < -0.3 is 175 Å². The second kappa shape index (κ2) is 33.6. The SMILES string of the molecule is CC(=O)N[C@@H]1[C@@H](O)[C@H](O[C@@H]2O[C@H](CO)[C@@H](O[C@@H]3O[C@H](CO[C@H]4O[C@H](CO)[C@@H](O)[C@H](O)[C@@H]4O[C@@H]4O[C@H](CO)[C@@H](O)[C@H](O)[C@H]4NC(C)=O)[C@@H](O)[C@H](O[C@H]4O[C@H](CO)[C@@H](O)[C@H](O)[C@@H]4O[C@@H]4O[C@H](COS(=O)(=O)O)[C@@H](O)[C@H](O)[C@H]4NC(C)=O)[C@@H]3O)[C@H](O)[C@H]2NC(C)=O)[C@@H](CO)O[C@H]1O. The highest BCUT2D eigenvalue weighted by Gasteiger charge is 2.59. The minimum absolute atomic E-state index is 0.769. The molecule has 0 aromatic rings. The second-order valence-corrected chi connectivity index (χ2v) is 24.2. The summed E-state index contributed by atoms with van der Waals surface area (Å²) in [6.45, 7) is -3.77. The first-order valence-electron chi connectivity index (χ1n) is 29.3. The van der Waals surface area contributed by atoms with Crippen molar-refractivity contribution < 1.29 is 190 Å². The first-order valence-corrected chi connectivity index (χ1v) is 30.6. The molecule has 7 saturated heterocycles. The van der Waals surface area contributed by atoms with Crippen molar-refractivity contribution in [3.8, 4) is 0 Å². The first-order chi connectivity index (χ1) is 44.2. The predicted octanol–water partition coefficient (Wildman–Crippen LogP) is -15.9. The Labute approximate surface area is 532 Å². The molecular formula is C50H84N4O39S. The zero-order valence-electron chi connectivity index (χ0n) is 50.2. The van der Waals surface area contributed by atoms with Gasteiger partial charge in [-0.2, -0.15) is 8.42 Å². The molecule has 35 atom stereocenters. The zero-order valence-corrected chi connectivity index (χ0v) is 51.0. The van der Waals surface area contributed by atoms with Crippen molar-refractivity contribution >= 4 is 34.0 Å². The van der Waals surface area contributed by atoms with Crippen LogP contribution in [0.5, 0.6) is 0 Å². The largest absolute Gasteiger partial charge is 0.397 e. The Morgan fingerprint density at radius 3 is 1.11 bits per heavy atom. The Bertz CT molecular complexity index is 2580. The summed E-state index contributed by atoms with van der Waals surface area (Å²) >= 11 is 0. The number of carbonyl (C=O) groups is 4. The van der Waals surface area contributed by atoms with Gasteiger partial charge in [-0.05, 0) is 0 Å². The molecule has 0 unspecified atom stereocenters. The lowest BCUT2D eigenvalue weighted by atomic mass is 9.93. The quantitative estimate of drug-likeness (QED) is 0.0377. The average Bonchev–Trinajstić information content (AvgIpc) is 0.777. The predicted molar refractivity (Wildman–Crippen MR) is 289 cm³/mol. The molecule has 0 radical (unpaired) electrons. The summed E-state index contributed by atoms with van der Waals surface area (Å²) in [5.41, 5.74) is 0. The lowest BCUT2D eigenvalue weighted by molar-refractivity contribution is -0.396. The van der Waals surface area contributed by atoms with Crippen LogP contribution in [0.4, 0.5) is 0 Å². The lowest BCUT2D eigenvalue weighted by Crippen LogP contribution is -2.70. The van der Waals surface area contributed by atoms with Gasteiger partial charge in [-0.3, -0.25) is 23.7 Å². The maximum Gasteiger partial charge on any atom is 0.397 e. The number of amides is 4. The van der Waals surface area contributed by atoms with E-state index >= 15 is 0 Å². The summed E-state index contributed by atoms with van der Waals surface area (Å²) in [6.07, 6.45) is -64.4. The van der Waals surface area contributed by atoms with E-state index in [4.69, 9.17) is 61.6 Å². The summed E-state index contributed by atoms with van der Waals surface area (Å²) < 4.78 is 113. The molecule has 23 N–H and O–H groups in total. The highest BCUT2D eigenvalue weighted by atomic mass is 32.3. The van der Waals surface area contributed by atoms with E-state index in [2.05, 4.69) is 25.5 Å². The first kappa shape index (κ1) is 77.9. The van der Waals surface area contributed by atoms with Crippen LogP contribution < -0.4 is 21.3 Å². The van der Waals surface area contributed by atoms with E-state index in [1.807, 2.05) is 0 Å². The number of hydrogen-bond donors (Lipinski definition) is 23. The summed E-state index contributed by atoms with van der Waals surface area (Å²) in [7, 11) is -5.27. The highest BCUT2D eigenvalue weighted by Crippen LogP contribution is 2.38. The van der Waals surface area contributed by atoms with Crippen molar-refractivity contribution in [1.29, 1.82) is 0 Å². The number of nitrogens with one attached hydrogen (secondary N) is 4. The smallest absolute Gasteiger partial charge is 0.394 e. The van der Waals surface area contributed by atoms with Crippen LogP contribution in [0.1, 0.15) is 27.7 Å². The topological polar surface area (TPSA) is 664 Å². The van der Waals surface area contributed by atoms with E-state index in [1.165, 1.54) is 0 Å². The summed E-state index contributed by atoms with van der Waals surface area (Å²) in [6, 6.07) is -7.10. The van der Waals surface area contributed by atoms with Gasteiger partial charge in [0.15, 0.2) is 44.0 Å². The monoisotopic (exact) mass is 1400 g/mol. The Morgan fingerprint density at radius 2 is 0.649 bits per heavy atom. The lowest BCUT2D eigenvalue weighted by Gasteiger charge is -2.51. The van der Waals surface area contributed by atoms with Crippen molar-refractivity contribution in [2.24, 2.45) is 0 Å². The van der Waals surface area contributed by atoms with Crippen LogP contribution in [0.25, 0.3) is 0 Å². The van der Waals surface area contributed by atoms with Crippen molar-refractivity contribution in [2.45, 2.75) is 242 Å². The van der Waals surface area contributed by atoms with E-state index in [1.54, 1.807) is 0 Å². The van der Waals surface area contributed by atoms with Crippen molar-refractivity contribution in [1.82, 2.24) is 21.3 Å². The minimum Gasteiger partial charge on any atom is -0.394 e. The van der Waals surface area contributed by atoms with E-state index in [-0.39, 0.29) is 0 Å². The zero-order chi connectivity index (χ0) is 69.7. The van der Waals surface area contributed by atoms with Gasteiger partial charge in [-0.1, -0.05) is 0 Å². The molecule has 7 aliphatic rings. The molecule has 7 aliphatic heterocycles. The molecule has 4 amide bonds. The van der Waals surface area contributed by atoms with Gasteiger partial charge in [0.1, 0.15) is 171 Å². The third kappa shape index (κ3) is 18.1. The molecule has 0 spiro atoms. The van der Waals surface area contributed by atoms with E-state index < -0.39 is 295 Å². The molecule has 0 aliphatic carbocycles. The molecule has 0 bridgehead atoms. The Hall–Kier alpha value is -3.49. The van der Waals surface area contributed by atoms with Gasteiger partial charge in [0.25, 0.3) is 0 Å². The van der Waals surface area contributed by atoms with Crippen LogP contribution in [0.2, 0.25) is 0 Å². The van der Waals surface area contributed by atoms with Gasteiger partial charge in [0.2, 0.25) is 23.6 Å². The maximum absolute atomic E-state index is 12.8. The van der Waals surface area contributed by atoms with Crippen LogP contribution in [0.3, 0.4) is 0 Å². The molecule has 7 fully saturated rings. The summed E-state index contributed by atoms with van der Waals surface area (Å²) in [4.78, 5) is 49.7. The summed E-state index contributed by atoms with van der Waals surface area (Å²) in [5.74, 6) is -3.45. The Morgan fingerprint density at radius 1 is 0.330 bits per heavy atom. The molecule has 44 heteroatoms. The molecule has 7 rings (SSSR count). The highest BCUT2D eigenvalue weighted by molar-refractivity contribution is 7.80. The van der Waals surface area contributed by atoms with Crippen LogP contribution >= 0.6 is 0 Å². The van der Waals surface area contributed by atoms with Crippen LogP contribution in [-0.4, -0.2) is 389 Å². The normalized spacial score (nSPS) is 46.3. The standard InChI is InChI=1S/C50H84N4O39S/c1-12(60)51-23-34(71)39(19(8-58)82-44(23)76)89-47-26(54-15(4)63)35(72)40(20(9-59)86-47)90-48-38(75)41(91-50-43(37(74)29(66)18(7-57)85-50)93-46-25(53-14(3)62)33(70)30(67)22(87-46)11-81-94(77,78)79)31(68)21(88-48)10-80-49-42(36(73)28(65)17(6-56)84-49)92-45-24(52-13(2)61)32(69)27(64)16(5-55)83-45/h16-50,55-59,64-76H,5-11H2,1-4H3,(H,51,60)(H,52,61)(H,53,62)(H,54,63)(H,77,78,79)/t16-,17-,18-,19-,20-,21-,22-,23-,24-,25-,26-,27-,28-,29-,30-,31-,32-,33-,34-,35-,36+,37+,38+,39-,40-,41+,42+,43+,44-,45+,46+,47+,48+,49+,50-/m1/s1. The number of ether oxygens (including phenoxy) is 13.